The van der Waals surface area contributed by atoms with Crippen LogP contribution in [0.5, 0.6) is 0 Å². The van der Waals surface area contributed by atoms with Crippen LogP contribution in [0.2, 0.25) is 5.02 Å². The third kappa shape index (κ3) is 3.17. The number of piperazine rings is 1. The quantitative estimate of drug-likeness (QED) is 0.486. The maximum Gasteiger partial charge on any atom is 0.354 e. The van der Waals surface area contributed by atoms with Crippen molar-refractivity contribution in [3.05, 3.63) is 45.7 Å². The molecule has 1 aromatic carbocycles. The van der Waals surface area contributed by atoms with E-state index in [9.17, 15) is 10.1 Å². The summed E-state index contributed by atoms with van der Waals surface area (Å²) in [6, 6.07) is 7.62. The molecule has 1 aromatic heterocycles. The van der Waals surface area contributed by atoms with Crippen LogP contribution in [0, 0.1) is 10.1 Å². The summed E-state index contributed by atoms with van der Waals surface area (Å²) in [5.74, 6) is 5.59. The number of rotatable bonds is 4. The van der Waals surface area contributed by atoms with E-state index in [0.29, 0.717) is 31.2 Å². The number of nitrogen functional groups attached to an aromatic ring is 1. The van der Waals surface area contributed by atoms with Crippen molar-refractivity contribution in [2.75, 3.05) is 41.4 Å². The standard InChI is InChI=1S/C14H16ClN7O2/c15-10-2-1-3-11(8-10)20-4-6-21(7-5-20)14-12(22(23)24)13(19-16)17-9-18-14/h1-3,8-9H,4-7,16H2,(H,17,18,19). The molecule has 3 rings (SSSR count). The van der Waals surface area contributed by atoms with E-state index < -0.39 is 4.92 Å². The zero-order chi connectivity index (χ0) is 17.1. The maximum atomic E-state index is 11.3. The van der Waals surface area contributed by atoms with E-state index in [0.717, 1.165) is 5.69 Å². The lowest BCUT2D eigenvalue weighted by molar-refractivity contribution is -0.383. The van der Waals surface area contributed by atoms with E-state index in [1.807, 2.05) is 29.2 Å². The van der Waals surface area contributed by atoms with E-state index in [1.54, 1.807) is 0 Å². The van der Waals surface area contributed by atoms with Gasteiger partial charge in [0.1, 0.15) is 6.33 Å². The molecule has 9 nitrogen and oxygen atoms in total. The summed E-state index contributed by atoms with van der Waals surface area (Å²) < 4.78 is 0. The number of hydrogen-bond donors (Lipinski definition) is 2. The van der Waals surface area contributed by atoms with Crippen molar-refractivity contribution in [2.45, 2.75) is 0 Å². The van der Waals surface area contributed by atoms with Gasteiger partial charge in [-0.25, -0.2) is 15.8 Å². The van der Waals surface area contributed by atoms with Gasteiger partial charge in [0.05, 0.1) is 4.92 Å². The first-order valence-electron chi connectivity index (χ1n) is 7.31. The summed E-state index contributed by atoms with van der Waals surface area (Å²) in [5.41, 5.74) is 3.07. The van der Waals surface area contributed by atoms with Crippen LogP contribution < -0.4 is 21.1 Å². The van der Waals surface area contributed by atoms with Gasteiger partial charge >= 0.3 is 5.69 Å². The van der Waals surface area contributed by atoms with E-state index in [2.05, 4.69) is 20.3 Å². The van der Waals surface area contributed by atoms with Crippen LogP contribution in [0.25, 0.3) is 0 Å². The molecule has 2 aromatic rings. The van der Waals surface area contributed by atoms with Crippen molar-refractivity contribution >= 4 is 34.6 Å². The van der Waals surface area contributed by atoms with Gasteiger partial charge in [-0.3, -0.25) is 10.1 Å². The smallest absolute Gasteiger partial charge is 0.354 e. The van der Waals surface area contributed by atoms with Gasteiger partial charge in [-0.1, -0.05) is 17.7 Å². The van der Waals surface area contributed by atoms with Gasteiger partial charge < -0.3 is 15.2 Å². The van der Waals surface area contributed by atoms with Gasteiger partial charge in [0.25, 0.3) is 0 Å². The monoisotopic (exact) mass is 349 g/mol. The molecule has 10 heteroatoms. The molecule has 0 radical (unpaired) electrons. The fourth-order valence-electron chi connectivity index (χ4n) is 2.72. The Morgan fingerprint density at radius 1 is 1.21 bits per heavy atom. The highest BCUT2D eigenvalue weighted by atomic mass is 35.5. The number of nitrogens with zero attached hydrogens (tertiary/aromatic N) is 5. The van der Waals surface area contributed by atoms with Crippen LogP contribution in [-0.2, 0) is 0 Å². The average molecular weight is 350 g/mol. The second kappa shape index (κ2) is 6.85. The Morgan fingerprint density at radius 3 is 2.54 bits per heavy atom. The third-order valence-electron chi connectivity index (χ3n) is 3.87. The summed E-state index contributed by atoms with van der Waals surface area (Å²) in [6.07, 6.45) is 1.26. The number of benzene rings is 1. The van der Waals surface area contributed by atoms with Gasteiger partial charge in [0.15, 0.2) is 0 Å². The molecule has 0 atom stereocenters. The molecular formula is C14H16ClN7O2. The van der Waals surface area contributed by atoms with Crippen LogP contribution in [0.15, 0.2) is 30.6 Å². The summed E-state index contributed by atoms with van der Waals surface area (Å²) in [6.45, 7) is 2.59. The topological polar surface area (TPSA) is 113 Å². The van der Waals surface area contributed by atoms with Crippen molar-refractivity contribution in [3.8, 4) is 0 Å². The molecule has 0 aliphatic carbocycles. The van der Waals surface area contributed by atoms with Crippen molar-refractivity contribution < 1.29 is 4.92 Å². The van der Waals surface area contributed by atoms with E-state index >= 15 is 0 Å². The van der Waals surface area contributed by atoms with Crippen LogP contribution in [-0.4, -0.2) is 41.1 Å². The molecule has 1 aliphatic rings. The predicted octanol–water partition coefficient (Wildman–Crippen LogP) is 1.65. The molecule has 1 fully saturated rings. The summed E-state index contributed by atoms with van der Waals surface area (Å²) in [5, 5.41) is 12.0. The first-order valence-corrected chi connectivity index (χ1v) is 7.69. The minimum Gasteiger partial charge on any atom is -0.368 e. The molecule has 0 bridgehead atoms. The second-order valence-corrected chi connectivity index (χ2v) is 5.69. The lowest BCUT2D eigenvalue weighted by atomic mass is 10.2. The minimum absolute atomic E-state index is 0.00210. The molecule has 0 unspecified atom stereocenters. The van der Waals surface area contributed by atoms with Gasteiger partial charge in [-0.15, -0.1) is 0 Å². The predicted molar refractivity (Wildman–Crippen MR) is 92.4 cm³/mol. The molecule has 1 aliphatic heterocycles. The highest BCUT2D eigenvalue weighted by Crippen LogP contribution is 2.32. The van der Waals surface area contributed by atoms with E-state index in [1.165, 1.54) is 6.33 Å². The van der Waals surface area contributed by atoms with Gasteiger partial charge in [0, 0.05) is 36.9 Å². The Balaban J connectivity index is 1.79. The molecule has 0 saturated carbocycles. The summed E-state index contributed by atoms with van der Waals surface area (Å²) in [4.78, 5) is 22.8. The Kier molecular flexibility index (Phi) is 4.63. The highest BCUT2D eigenvalue weighted by Gasteiger charge is 2.29. The van der Waals surface area contributed by atoms with Crippen molar-refractivity contribution in [2.24, 2.45) is 5.84 Å². The average Bonchev–Trinajstić information content (AvgIpc) is 2.61. The number of aromatic nitrogens is 2. The zero-order valence-corrected chi connectivity index (χ0v) is 13.5. The molecule has 126 valence electrons. The SMILES string of the molecule is NNc1ncnc(N2CCN(c3cccc(Cl)c3)CC2)c1[N+](=O)[O-]. The fourth-order valence-corrected chi connectivity index (χ4v) is 2.91. The Hall–Kier alpha value is -2.65. The summed E-state index contributed by atoms with van der Waals surface area (Å²) in [7, 11) is 0. The number of halogens is 1. The zero-order valence-electron chi connectivity index (χ0n) is 12.7. The number of nitro groups is 1. The van der Waals surface area contributed by atoms with E-state index in [4.69, 9.17) is 17.4 Å². The number of nitrogens with one attached hydrogen (secondary N) is 1. The van der Waals surface area contributed by atoms with Crippen molar-refractivity contribution in [1.29, 1.82) is 0 Å². The Bertz CT molecular complexity index is 750. The number of hydrazine groups is 1. The van der Waals surface area contributed by atoms with Crippen molar-refractivity contribution in [1.82, 2.24) is 9.97 Å². The third-order valence-corrected chi connectivity index (χ3v) is 4.11. The maximum absolute atomic E-state index is 11.3. The molecule has 1 saturated heterocycles. The Labute approximate surface area is 143 Å². The van der Waals surface area contributed by atoms with Gasteiger partial charge in [-0.05, 0) is 18.2 Å². The molecule has 0 spiro atoms. The van der Waals surface area contributed by atoms with Gasteiger partial charge in [-0.2, -0.15) is 0 Å². The van der Waals surface area contributed by atoms with Crippen molar-refractivity contribution in [3.63, 3.8) is 0 Å². The van der Waals surface area contributed by atoms with E-state index in [-0.39, 0.29) is 17.3 Å². The first kappa shape index (κ1) is 16.2. The molecule has 2 heterocycles. The second-order valence-electron chi connectivity index (χ2n) is 5.25. The molecule has 0 amide bonds. The molecule has 24 heavy (non-hydrogen) atoms. The molecular weight excluding hydrogens is 334 g/mol. The normalized spacial score (nSPS) is 14.6. The fraction of sp³-hybridized carbons (Fsp3) is 0.286. The number of hydrogen-bond acceptors (Lipinski definition) is 8. The van der Waals surface area contributed by atoms with Crippen LogP contribution in [0.3, 0.4) is 0 Å². The largest absolute Gasteiger partial charge is 0.368 e. The number of nitrogens with two attached hydrogens (primary N) is 1. The lowest BCUT2D eigenvalue weighted by Gasteiger charge is -2.36. The van der Waals surface area contributed by atoms with Crippen LogP contribution >= 0.6 is 11.6 Å². The number of anilines is 3. The Morgan fingerprint density at radius 2 is 1.92 bits per heavy atom. The molecule has 3 N–H and O–H groups in total. The first-order chi connectivity index (χ1) is 11.6. The van der Waals surface area contributed by atoms with Crippen LogP contribution in [0.1, 0.15) is 0 Å². The van der Waals surface area contributed by atoms with Gasteiger partial charge in [0.2, 0.25) is 11.6 Å². The summed E-state index contributed by atoms with van der Waals surface area (Å²) >= 11 is 6.03. The lowest BCUT2D eigenvalue weighted by Crippen LogP contribution is -2.47. The minimum atomic E-state index is -0.520. The highest BCUT2D eigenvalue weighted by molar-refractivity contribution is 6.30. The van der Waals surface area contributed by atoms with Crippen LogP contribution in [0.4, 0.5) is 23.0 Å².